The minimum atomic E-state index is 0.128. The molecule has 0 spiro atoms. The van der Waals surface area contributed by atoms with Gasteiger partial charge in [-0.15, -0.1) is 10.2 Å². The van der Waals surface area contributed by atoms with Gasteiger partial charge in [-0.1, -0.05) is 23.4 Å². The van der Waals surface area contributed by atoms with Crippen molar-refractivity contribution in [1.82, 2.24) is 20.0 Å². The van der Waals surface area contributed by atoms with Crippen LogP contribution in [-0.2, 0) is 9.53 Å². The van der Waals surface area contributed by atoms with Crippen LogP contribution in [0.3, 0.4) is 0 Å². The van der Waals surface area contributed by atoms with Crippen LogP contribution in [0.15, 0.2) is 33.9 Å². The van der Waals surface area contributed by atoms with E-state index in [1.807, 2.05) is 17.0 Å². The molecule has 2 atom stereocenters. The number of hydrogen-bond acceptors (Lipinski definition) is 7. The number of carbonyl (C=O) groups excluding carboxylic acids is 1. The molecule has 0 radical (unpaired) electrons. The zero-order chi connectivity index (χ0) is 21.8. The minimum absolute atomic E-state index is 0.128. The fourth-order valence-corrected chi connectivity index (χ4v) is 5.15. The van der Waals surface area contributed by atoms with Gasteiger partial charge in [0.2, 0.25) is 11.8 Å². The van der Waals surface area contributed by atoms with E-state index in [4.69, 9.17) is 20.8 Å². The lowest BCUT2D eigenvalue weighted by molar-refractivity contribution is -0.130. The molecular formula is C22H29ClN4O3S. The monoisotopic (exact) mass is 464 g/mol. The molecule has 2 fully saturated rings. The summed E-state index contributed by atoms with van der Waals surface area (Å²) in [6.45, 7) is 9.03. The minimum Gasteiger partial charge on any atom is -0.411 e. The van der Waals surface area contributed by atoms with Crippen molar-refractivity contribution >= 4 is 29.3 Å². The predicted molar refractivity (Wildman–Crippen MR) is 121 cm³/mol. The average Bonchev–Trinajstić information content (AvgIpc) is 3.21. The molecule has 2 saturated heterocycles. The van der Waals surface area contributed by atoms with Gasteiger partial charge in [-0.05, 0) is 56.9 Å². The van der Waals surface area contributed by atoms with Gasteiger partial charge in [0.05, 0.1) is 18.0 Å². The summed E-state index contributed by atoms with van der Waals surface area (Å²) in [7, 11) is 0. The molecule has 7 nitrogen and oxygen atoms in total. The first-order valence-electron chi connectivity index (χ1n) is 10.8. The van der Waals surface area contributed by atoms with Gasteiger partial charge >= 0.3 is 0 Å². The number of benzene rings is 1. The van der Waals surface area contributed by atoms with Crippen LogP contribution in [0.1, 0.15) is 26.7 Å². The predicted octanol–water partition coefficient (Wildman–Crippen LogP) is 3.83. The molecule has 168 valence electrons. The average molecular weight is 465 g/mol. The van der Waals surface area contributed by atoms with Crippen molar-refractivity contribution in [3.8, 4) is 11.5 Å². The number of piperidine rings is 1. The van der Waals surface area contributed by atoms with Crippen molar-refractivity contribution in [2.45, 2.75) is 44.1 Å². The Balaban J connectivity index is 1.20. The molecule has 0 N–H and O–H groups in total. The highest BCUT2D eigenvalue weighted by Gasteiger charge is 2.28. The number of nitrogens with zero attached hydrogens (tertiary/aromatic N) is 4. The Kier molecular flexibility index (Phi) is 7.53. The molecule has 3 heterocycles. The van der Waals surface area contributed by atoms with Crippen LogP contribution in [0.5, 0.6) is 0 Å². The summed E-state index contributed by atoms with van der Waals surface area (Å²) in [6, 6.07) is 7.22. The lowest BCUT2D eigenvalue weighted by Gasteiger charge is -2.39. The molecule has 1 amide bonds. The van der Waals surface area contributed by atoms with Crippen LogP contribution in [0.2, 0.25) is 5.02 Å². The zero-order valence-electron chi connectivity index (χ0n) is 18.0. The molecule has 2 aliphatic heterocycles. The van der Waals surface area contributed by atoms with Crippen molar-refractivity contribution < 1.29 is 13.9 Å². The molecule has 1 aromatic carbocycles. The van der Waals surface area contributed by atoms with Gasteiger partial charge in [0.1, 0.15) is 0 Å². The summed E-state index contributed by atoms with van der Waals surface area (Å²) in [4.78, 5) is 17.1. The number of hydrogen-bond donors (Lipinski definition) is 0. The van der Waals surface area contributed by atoms with E-state index in [0.717, 1.165) is 51.1 Å². The number of rotatable bonds is 6. The van der Waals surface area contributed by atoms with Crippen LogP contribution in [0.4, 0.5) is 0 Å². The largest absolute Gasteiger partial charge is 0.411 e. The number of carbonyl (C=O) groups is 1. The highest BCUT2D eigenvalue weighted by molar-refractivity contribution is 7.99. The lowest BCUT2D eigenvalue weighted by atomic mass is 9.95. The Morgan fingerprint density at radius 1 is 1.13 bits per heavy atom. The summed E-state index contributed by atoms with van der Waals surface area (Å²) >= 11 is 7.20. The maximum absolute atomic E-state index is 12.6. The van der Waals surface area contributed by atoms with E-state index in [-0.39, 0.29) is 5.91 Å². The maximum atomic E-state index is 12.6. The van der Waals surface area contributed by atoms with Crippen LogP contribution >= 0.6 is 23.4 Å². The van der Waals surface area contributed by atoms with Crippen molar-refractivity contribution in [3.05, 3.63) is 29.3 Å². The first-order valence-corrected chi connectivity index (χ1v) is 12.2. The molecule has 31 heavy (non-hydrogen) atoms. The smallest absolute Gasteiger partial charge is 0.277 e. The third-order valence-electron chi connectivity index (χ3n) is 5.80. The number of thioether (sulfide) groups is 1. The molecule has 0 bridgehead atoms. The molecule has 9 heteroatoms. The second kappa shape index (κ2) is 10.3. The standard InChI is InChI=1S/C22H29ClN4O3S/c1-15-11-26(12-16(2)29-15)13-17-7-9-27(10-8-17)20(28)14-31-22-25-24-21(30-22)18-3-5-19(23)6-4-18/h3-6,15-17H,7-14H2,1-2H3. The first kappa shape index (κ1) is 22.6. The normalized spacial score (nSPS) is 23.3. The summed E-state index contributed by atoms with van der Waals surface area (Å²) in [5, 5.41) is 9.17. The van der Waals surface area contributed by atoms with Crippen LogP contribution in [0.25, 0.3) is 11.5 Å². The van der Waals surface area contributed by atoms with Gasteiger partial charge in [-0.3, -0.25) is 9.69 Å². The van der Waals surface area contributed by atoms with Gasteiger partial charge in [0.15, 0.2) is 0 Å². The van der Waals surface area contributed by atoms with Crippen LogP contribution in [-0.4, -0.2) is 76.6 Å². The van der Waals surface area contributed by atoms with E-state index in [1.54, 1.807) is 12.1 Å². The molecule has 2 aromatic rings. The second-order valence-corrected chi connectivity index (χ2v) is 9.83. The highest BCUT2D eigenvalue weighted by atomic mass is 35.5. The van der Waals surface area contributed by atoms with Crippen molar-refractivity contribution in [3.63, 3.8) is 0 Å². The van der Waals surface area contributed by atoms with Gasteiger partial charge in [-0.2, -0.15) is 0 Å². The Bertz CT molecular complexity index is 860. The van der Waals surface area contributed by atoms with E-state index < -0.39 is 0 Å². The molecule has 2 aliphatic rings. The molecule has 2 unspecified atom stereocenters. The third kappa shape index (κ3) is 6.22. The first-order chi connectivity index (χ1) is 15.0. The highest BCUT2D eigenvalue weighted by Crippen LogP contribution is 2.26. The van der Waals surface area contributed by atoms with Crippen molar-refractivity contribution in [1.29, 1.82) is 0 Å². The molecular weight excluding hydrogens is 436 g/mol. The van der Waals surface area contributed by atoms with E-state index in [9.17, 15) is 4.79 Å². The number of amides is 1. The van der Waals surface area contributed by atoms with E-state index in [2.05, 4.69) is 28.9 Å². The summed E-state index contributed by atoms with van der Waals surface area (Å²) in [5.41, 5.74) is 0.807. The Morgan fingerprint density at radius 2 is 1.81 bits per heavy atom. The maximum Gasteiger partial charge on any atom is 0.277 e. The van der Waals surface area contributed by atoms with E-state index in [1.165, 1.54) is 11.8 Å². The zero-order valence-corrected chi connectivity index (χ0v) is 19.6. The number of ether oxygens (including phenoxy) is 1. The van der Waals surface area contributed by atoms with Gasteiger partial charge in [0, 0.05) is 43.3 Å². The number of halogens is 1. The third-order valence-corrected chi connectivity index (χ3v) is 6.85. The SMILES string of the molecule is CC1CN(CC2CCN(C(=O)CSc3nnc(-c4ccc(Cl)cc4)o3)CC2)CC(C)O1. The summed E-state index contributed by atoms with van der Waals surface area (Å²) in [6.07, 6.45) is 2.70. The van der Waals surface area contributed by atoms with Crippen LogP contribution in [0, 0.1) is 5.92 Å². The number of aromatic nitrogens is 2. The van der Waals surface area contributed by atoms with E-state index >= 15 is 0 Å². The number of morpholine rings is 1. The van der Waals surface area contributed by atoms with E-state index in [0.29, 0.717) is 40.0 Å². The van der Waals surface area contributed by atoms with Gasteiger partial charge in [0.25, 0.3) is 5.22 Å². The van der Waals surface area contributed by atoms with Gasteiger partial charge in [-0.25, -0.2) is 0 Å². The van der Waals surface area contributed by atoms with Crippen LogP contribution < -0.4 is 0 Å². The summed E-state index contributed by atoms with van der Waals surface area (Å²) < 4.78 is 11.5. The molecule has 0 saturated carbocycles. The number of likely N-dealkylation sites (tertiary alicyclic amines) is 1. The topological polar surface area (TPSA) is 71.7 Å². The van der Waals surface area contributed by atoms with Gasteiger partial charge < -0.3 is 14.1 Å². The molecule has 4 rings (SSSR count). The quantitative estimate of drug-likeness (QED) is 0.601. The molecule has 1 aromatic heterocycles. The fraction of sp³-hybridized carbons (Fsp3) is 0.591. The Labute approximate surface area is 192 Å². The lowest BCUT2D eigenvalue weighted by Crippen LogP contribution is -2.48. The Morgan fingerprint density at radius 3 is 2.48 bits per heavy atom. The second-order valence-electron chi connectivity index (χ2n) is 8.47. The Hall–Kier alpha value is -1.61. The van der Waals surface area contributed by atoms with Crippen molar-refractivity contribution in [2.75, 3.05) is 38.5 Å². The fourth-order valence-electron chi connectivity index (χ4n) is 4.36. The molecule has 0 aliphatic carbocycles. The van der Waals surface area contributed by atoms with Crippen molar-refractivity contribution in [2.24, 2.45) is 5.92 Å². The summed E-state index contributed by atoms with van der Waals surface area (Å²) in [5.74, 6) is 1.51.